The number of rotatable bonds is 4. The lowest BCUT2D eigenvalue weighted by Crippen LogP contribution is -2.43. The van der Waals surface area contributed by atoms with Gasteiger partial charge in [0.2, 0.25) is 0 Å². The molecule has 0 spiro atoms. The number of nitrogen functional groups attached to an aromatic ring is 1. The Morgan fingerprint density at radius 3 is 2.42 bits per heavy atom. The molecule has 26 heavy (non-hydrogen) atoms. The summed E-state index contributed by atoms with van der Waals surface area (Å²) in [4.78, 5) is 17.1. The number of nitrogens with one attached hydrogen (secondary N) is 1. The fourth-order valence-electron chi connectivity index (χ4n) is 3.00. The zero-order chi connectivity index (χ0) is 18.7. The van der Waals surface area contributed by atoms with Gasteiger partial charge in [-0.05, 0) is 43.8 Å². The highest BCUT2D eigenvalue weighted by Crippen LogP contribution is 2.21. The lowest BCUT2D eigenvalue weighted by molar-refractivity contribution is 0.102. The van der Waals surface area contributed by atoms with E-state index in [4.69, 9.17) is 5.73 Å². The number of piperazine rings is 1. The molecule has 1 aliphatic rings. The molecule has 6 heteroatoms. The molecule has 0 saturated carbocycles. The molecule has 0 unspecified atom stereocenters. The molecule has 0 aliphatic carbocycles. The summed E-state index contributed by atoms with van der Waals surface area (Å²) in [7, 11) is 2.14. The Morgan fingerprint density at radius 2 is 1.81 bits per heavy atom. The number of hydrogen-bond donors (Lipinski definition) is 2. The number of hydrogen-bond acceptors (Lipinski definition) is 4. The van der Waals surface area contributed by atoms with Gasteiger partial charge in [0.25, 0.3) is 5.91 Å². The van der Waals surface area contributed by atoms with Gasteiger partial charge in [0.15, 0.2) is 0 Å². The van der Waals surface area contributed by atoms with Crippen molar-refractivity contribution in [3.63, 3.8) is 0 Å². The third-order valence-electron chi connectivity index (χ3n) is 4.86. The minimum atomic E-state index is -0.428. The van der Waals surface area contributed by atoms with Gasteiger partial charge in [-0.15, -0.1) is 0 Å². The maximum Gasteiger partial charge on any atom is 0.255 e. The third kappa shape index (κ3) is 4.39. The smallest absolute Gasteiger partial charge is 0.255 e. The average molecular weight is 356 g/mol. The Morgan fingerprint density at radius 1 is 1.15 bits per heavy atom. The van der Waals surface area contributed by atoms with E-state index < -0.39 is 5.82 Å². The number of nitrogens with zero attached hydrogens (tertiary/aromatic N) is 2. The summed E-state index contributed by atoms with van der Waals surface area (Å²) < 4.78 is 13.8. The van der Waals surface area contributed by atoms with Gasteiger partial charge in [-0.1, -0.05) is 12.1 Å². The fourth-order valence-corrected chi connectivity index (χ4v) is 3.00. The number of amides is 1. The monoisotopic (exact) mass is 356 g/mol. The van der Waals surface area contributed by atoms with Crippen LogP contribution in [0.1, 0.15) is 21.5 Å². The molecule has 1 amide bonds. The predicted molar refractivity (Wildman–Crippen MR) is 103 cm³/mol. The first-order chi connectivity index (χ1) is 12.4. The first-order valence-electron chi connectivity index (χ1n) is 8.79. The van der Waals surface area contributed by atoms with Crippen molar-refractivity contribution in [1.82, 2.24) is 9.80 Å². The molecular formula is C20H25FN4O. The number of nitrogens with two attached hydrogens (primary N) is 1. The average Bonchev–Trinajstić information content (AvgIpc) is 2.62. The van der Waals surface area contributed by atoms with Crippen LogP contribution in [-0.4, -0.2) is 48.9 Å². The highest BCUT2D eigenvalue weighted by molar-refractivity contribution is 6.04. The van der Waals surface area contributed by atoms with Crippen molar-refractivity contribution in [2.45, 2.75) is 13.5 Å². The SMILES string of the molecule is Cc1c(N)cc(NC(=O)c2ccc(CN3CCN(C)CC3)cc2)cc1F. The Kier molecular flexibility index (Phi) is 5.54. The van der Waals surface area contributed by atoms with Crippen LogP contribution in [0.3, 0.4) is 0 Å². The van der Waals surface area contributed by atoms with Crippen LogP contribution in [0.5, 0.6) is 0 Å². The first kappa shape index (κ1) is 18.4. The molecule has 3 rings (SSSR count). The van der Waals surface area contributed by atoms with Gasteiger partial charge in [0.1, 0.15) is 5.82 Å². The lowest BCUT2D eigenvalue weighted by Gasteiger charge is -2.32. The molecule has 1 heterocycles. The summed E-state index contributed by atoms with van der Waals surface area (Å²) >= 11 is 0. The van der Waals surface area contributed by atoms with Crippen molar-refractivity contribution in [2.24, 2.45) is 0 Å². The van der Waals surface area contributed by atoms with E-state index in [1.54, 1.807) is 25.1 Å². The highest BCUT2D eigenvalue weighted by Gasteiger charge is 2.14. The molecule has 138 valence electrons. The molecule has 1 aliphatic heterocycles. The van der Waals surface area contributed by atoms with Crippen LogP contribution in [0.25, 0.3) is 0 Å². The van der Waals surface area contributed by atoms with Gasteiger partial charge < -0.3 is 16.0 Å². The Labute approximate surface area is 153 Å². The van der Waals surface area contributed by atoms with Crippen molar-refractivity contribution in [2.75, 3.05) is 44.3 Å². The third-order valence-corrected chi connectivity index (χ3v) is 4.86. The first-order valence-corrected chi connectivity index (χ1v) is 8.79. The van der Waals surface area contributed by atoms with E-state index in [1.165, 1.54) is 11.6 Å². The van der Waals surface area contributed by atoms with Crippen molar-refractivity contribution < 1.29 is 9.18 Å². The molecule has 0 aromatic heterocycles. The summed E-state index contributed by atoms with van der Waals surface area (Å²) in [6.07, 6.45) is 0. The predicted octanol–water partition coefficient (Wildman–Crippen LogP) is 2.72. The van der Waals surface area contributed by atoms with Gasteiger partial charge in [0, 0.05) is 55.2 Å². The topological polar surface area (TPSA) is 61.6 Å². The Hall–Kier alpha value is -2.44. The summed E-state index contributed by atoms with van der Waals surface area (Å²) in [5.41, 5.74) is 8.53. The van der Waals surface area contributed by atoms with Crippen LogP contribution in [0.2, 0.25) is 0 Å². The normalized spacial score (nSPS) is 15.8. The van der Waals surface area contributed by atoms with Crippen LogP contribution < -0.4 is 11.1 Å². The molecular weight excluding hydrogens is 331 g/mol. The van der Waals surface area contributed by atoms with Gasteiger partial charge in [-0.2, -0.15) is 0 Å². The molecule has 5 nitrogen and oxygen atoms in total. The van der Waals surface area contributed by atoms with E-state index in [9.17, 15) is 9.18 Å². The largest absolute Gasteiger partial charge is 0.398 e. The quantitative estimate of drug-likeness (QED) is 0.827. The highest BCUT2D eigenvalue weighted by atomic mass is 19.1. The molecule has 0 atom stereocenters. The van der Waals surface area contributed by atoms with Gasteiger partial charge in [0.05, 0.1) is 0 Å². The van der Waals surface area contributed by atoms with Crippen molar-refractivity contribution in [3.8, 4) is 0 Å². The summed E-state index contributed by atoms with van der Waals surface area (Å²) in [6, 6.07) is 10.4. The number of carbonyl (C=O) groups excluding carboxylic acids is 1. The molecule has 3 N–H and O–H groups in total. The van der Waals surface area contributed by atoms with Crippen LogP contribution in [-0.2, 0) is 6.54 Å². The van der Waals surface area contributed by atoms with Crippen LogP contribution in [0.4, 0.5) is 15.8 Å². The zero-order valence-corrected chi connectivity index (χ0v) is 15.3. The van der Waals surface area contributed by atoms with Gasteiger partial charge in [-0.3, -0.25) is 9.69 Å². The van der Waals surface area contributed by atoms with Crippen LogP contribution >= 0.6 is 0 Å². The molecule has 0 radical (unpaired) electrons. The van der Waals surface area contributed by atoms with E-state index in [1.807, 2.05) is 12.1 Å². The minimum Gasteiger partial charge on any atom is -0.398 e. The molecule has 1 saturated heterocycles. The van der Waals surface area contributed by atoms with E-state index >= 15 is 0 Å². The number of anilines is 2. The maximum absolute atomic E-state index is 13.8. The minimum absolute atomic E-state index is 0.279. The standard InChI is InChI=1S/C20H25FN4O/c1-14-18(21)11-17(12-19(14)22)23-20(26)16-5-3-15(4-6-16)13-25-9-7-24(2)8-10-25/h3-6,11-12H,7-10,13,22H2,1-2H3,(H,23,26). The second-order valence-corrected chi connectivity index (χ2v) is 6.90. The maximum atomic E-state index is 13.8. The van der Waals surface area contributed by atoms with E-state index in [2.05, 4.69) is 22.2 Å². The van der Waals surface area contributed by atoms with Crippen LogP contribution in [0.15, 0.2) is 36.4 Å². The number of benzene rings is 2. The second-order valence-electron chi connectivity index (χ2n) is 6.90. The number of halogens is 1. The molecule has 0 bridgehead atoms. The van der Waals surface area contributed by atoms with Crippen LogP contribution in [0, 0.1) is 12.7 Å². The van der Waals surface area contributed by atoms with Gasteiger partial charge >= 0.3 is 0 Å². The second kappa shape index (κ2) is 7.85. The van der Waals surface area contributed by atoms with E-state index in [0.29, 0.717) is 22.5 Å². The van der Waals surface area contributed by atoms with Crippen molar-refractivity contribution in [3.05, 3.63) is 58.9 Å². The Balaban J connectivity index is 1.62. The molecule has 1 fully saturated rings. The van der Waals surface area contributed by atoms with Crippen molar-refractivity contribution in [1.29, 1.82) is 0 Å². The molecule has 2 aromatic carbocycles. The number of carbonyl (C=O) groups is 1. The Bertz CT molecular complexity index is 760. The van der Waals surface area contributed by atoms with Gasteiger partial charge in [-0.25, -0.2) is 4.39 Å². The summed E-state index contributed by atoms with van der Waals surface area (Å²) in [5, 5.41) is 2.70. The molecule has 2 aromatic rings. The zero-order valence-electron chi connectivity index (χ0n) is 15.3. The summed E-state index contributed by atoms with van der Waals surface area (Å²) in [6.45, 7) is 6.76. The van der Waals surface area contributed by atoms with Crippen molar-refractivity contribution >= 4 is 17.3 Å². The lowest BCUT2D eigenvalue weighted by atomic mass is 10.1. The van der Waals surface area contributed by atoms with E-state index in [-0.39, 0.29) is 5.91 Å². The fraction of sp³-hybridized carbons (Fsp3) is 0.350. The summed E-state index contributed by atoms with van der Waals surface area (Å²) in [5.74, 6) is -0.707. The van der Waals surface area contributed by atoms with E-state index in [0.717, 1.165) is 32.7 Å². The number of likely N-dealkylation sites (N-methyl/N-ethyl adjacent to an activating group) is 1.